The highest BCUT2D eigenvalue weighted by Gasteiger charge is 2.33. The van der Waals surface area contributed by atoms with Crippen LogP contribution in [0.15, 0.2) is 18.2 Å². The molecular formula is C13H15Cl2N3O. The van der Waals surface area contributed by atoms with Gasteiger partial charge in [0.2, 0.25) is 5.91 Å². The summed E-state index contributed by atoms with van der Waals surface area (Å²) in [6.07, 6.45) is 0. The second-order valence-electron chi connectivity index (χ2n) is 4.95. The molecule has 2 aromatic rings. The Morgan fingerprint density at radius 2 is 2.11 bits per heavy atom. The molecular weight excluding hydrogens is 285 g/mol. The number of para-hydroxylation sites is 1. The van der Waals surface area contributed by atoms with E-state index in [1.165, 1.54) is 0 Å². The second kappa shape index (κ2) is 4.69. The van der Waals surface area contributed by atoms with E-state index >= 15 is 0 Å². The van der Waals surface area contributed by atoms with Crippen molar-refractivity contribution in [3.05, 3.63) is 29.0 Å². The second-order valence-corrected chi connectivity index (χ2v) is 6.01. The number of nitrogens with two attached hydrogens (primary N) is 1. The average Bonchev–Trinajstić information content (AvgIpc) is 2.70. The molecule has 0 aliphatic carbocycles. The number of hydrogen-bond donors (Lipinski definition) is 1. The molecule has 1 aromatic heterocycles. The molecule has 1 heterocycles. The summed E-state index contributed by atoms with van der Waals surface area (Å²) in [6.45, 7) is 5.27. The standard InChI is InChI=1S/C13H15Cl2N3O/c1-7(14)11-17-10-8(15)5-4-6-9(10)18(11)13(2,3)12(16)19/h4-7H,1-3H3,(H2,16,19). The number of carbonyl (C=O) groups is 1. The summed E-state index contributed by atoms with van der Waals surface area (Å²) in [7, 11) is 0. The van der Waals surface area contributed by atoms with E-state index in [0.717, 1.165) is 5.52 Å². The van der Waals surface area contributed by atoms with Crippen LogP contribution in [0.3, 0.4) is 0 Å². The number of halogens is 2. The van der Waals surface area contributed by atoms with Crippen LogP contribution in [0.1, 0.15) is 32.0 Å². The van der Waals surface area contributed by atoms with Gasteiger partial charge in [0.05, 0.1) is 15.9 Å². The van der Waals surface area contributed by atoms with Crippen LogP contribution in [0.25, 0.3) is 11.0 Å². The number of amides is 1. The molecule has 0 bridgehead atoms. The smallest absolute Gasteiger partial charge is 0.243 e. The Bertz CT molecular complexity index is 647. The van der Waals surface area contributed by atoms with E-state index in [4.69, 9.17) is 28.9 Å². The first kappa shape index (κ1) is 14.2. The number of benzene rings is 1. The van der Waals surface area contributed by atoms with Gasteiger partial charge in [-0.3, -0.25) is 4.79 Å². The van der Waals surface area contributed by atoms with Gasteiger partial charge in [-0.05, 0) is 32.9 Å². The number of primary amides is 1. The minimum absolute atomic E-state index is 0.359. The number of fused-ring (bicyclic) bond motifs is 1. The molecule has 2 N–H and O–H groups in total. The zero-order valence-electron chi connectivity index (χ0n) is 10.9. The fraction of sp³-hybridized carbons (Fsp3) is 0.385. The first-order valence-corrected chi connectivity index (χ1v) is 6.69. The van der Waals surface area contributed by atoms with Gasteiger partial charge in [-0.15, -0.1) is 11.6 Å². The van der Waals surface area contributed by atoms with E-state index in [2.05, 4.69) is 4.98 Å². The van der Waals surface area contributed by atoms with Gasteiger partial charge in [0, 0.05) is 0 Å². The van der Waals surface area contributed by atoms with Gasteiger partial charge in [0.25, 0.3) is 0 Å². The van der Waals surface area contributed by atoms with Crippen LogP contribution in [-0.4, -0.2) is 15.5 Å². The lowest BCUT2D eigenvalue weighted by Gasteiger charge is -2.26. The Labute approximate surface area is 121 Å². The van der Waals surface area contributed by atoms with Crippen molar-refractivity contribution >= 4 is 40.1 Å². The van der Waals surface area contributed by atoms with Crippen molar-refractivity contribution in [2.45, 2.75) is 31.7 Å². The highest BCUT2D eigenvalue weighted by atomic mass is 35.5. The summed E-state index contributed by atoms with van der Waals surface area (Å²) in [5.41, 5.74) is 5.94. The normalized spacial score (nSPS) is 13.7. The first-order chi connectivity index (χ1) is 8.76. The Kier molecular flexibility index (Phi) is 3.49. The maximum atomic E-state index is 11.7. The number of carbonyl (C=O) groups excluding carboxylic acids is 1. The third kappa shape index (κ3) is 2.19. The highest BCUT2D eigenvalue weighted by molar-refractivity contribution is 6.35. The lowest BCUT2D eigenvalue weighted by atomic mass is 10.0. The van der Waals surface area contributed by atoms with E-state index in [-0.39, 0.29) is 5.38 Å². The minimum Gasteiger partial charge on any atom is -0.368 e. The van der Waals surface area contributed by atoms with Crippen molar-refractivity contribution in [1.82, 2.24) is 9.55 Å². The Balaban J connectivity index is 2.88. The number of rotatable bonds is 3. The van der Waals surface area contributed by atoms with Crippen LogP contribution in [0, 0.1) is 0 Å². The largest absolute Gasteiger partial charge is 0.368 e. The Morgan fingerprint density at radius 1 is 1.47 bits per heavy atom. The van der Waals surface area contributed by atoms with Gasteiger partial charge in [0.1, 0.15) is 16.9 Å². The molecule has 6 heteroatoms. The molecule has 0 saturated carbocycles. The number of alkyl halides is 1. The van der Waals surface area contributed by atoms with E-state index in [0.29, 0.717) is 16.4 Å². The molecule has 4 nitrogen and oxygen atoms in total. The van der Waals surface area contributed by atoms with Crippen molar-refractivity contribution in [1.29, 1.82) is 0 Å². The van der Waals surface area contributed by atoms with Gasteiger partial charge >= 0.3 is 0 Å². The third-order valence-corrected chi connectivity index (χ3v) is 3.68. The van der Waals surface area contributed by atoms with Crippen LogP contribution in [0.5, 0.6) is 0 Å². The maximum Gasteiger partial charge on any atom is 0.243 e. The number of imidazole rings is 1. The summed E-state index contributed by atoms with van der Waals surface area (Å²) in [6, 6.07) is 5.41. The number of aromatic nitrogens is 2. The molecule has 19 heavy (non-hydrogen) atoms. The zero-order valence-corrected chi connectivity index (χ0v) is 12.5. The third-order valence-electron chi connectivity index (χ3n) is 3.18. The van der Waals surface area contributed by atoms with Crippen LogP contribution in [0.4, 0.5) is 0 Å². The summed E-state index contributed by atoms with van der Waals surface area (Å²) < 4.78 is 1.76. The number of hydrogen-bond acceptors (Lipinski definition) is 2. The Morgan fingerprint density at radius 3 is 2.63 bits per heavy atom. The SMILES string of the molecule is CC(Cl)c1nc2c(Cl)cccc2n1C(C)(C)C(N)=O. The van der Waals surface area contributed by atoms with Crippen molar-refractivity contribution in [2.24, 2.45) is 5.73 Å². The van der Waals surface area contributed by atoms with Crippen LogP contribution in [0.2, 0.25) is 5.02 Å². The predicted octanol–water partition coefficient (Wildman–Crippen LogP) is 3.21. The molecule has 0 aliphatic rings. The highest BCUT2D eigenvalue weighted by Crippen LogP contribution is 2.33. The molecule has 102 valence electrons. The van der Waals surface area contributed by atoms with Gasteiger partial charge in [-0.1, -0.05) is 17.7 Å². The number of nitrogens with zero attached hydrogens (tertiary/aromatic N) is 2. The molecule has 0 radical (unpaired) electrons. The summed E-state index contributed by atoms with van der Waals surface area (Å²) in [5.74, 6) is 0.124. The van der Waals surface area contributed by atoms with Crippen LogP contribution in [-0.2, 0) is 10.3 Å². The van der Waals surface area contributed by atoms with Gasteiger partial charge in [-0.25, -0.2) is 4.98 Å². The lowest BCUT2D eigenvalue weighted by molar-refractivity contribution is -0.125. The molecule has 0 fully saturated rings. The molecule has 1 unspecified atom stereocenters. The quantitative estimate of drug-likeness (QED) is 0.885. The molecule has 1 aromatic carbocycles. The predicted molar refractivity (Wildman–Crippen MR) is 77.5 cm³/mol. The topological polar surface area (TPSA) is 60.9 Å². The van der Waals surface area contributed by atoms with Crippen molar-refractivity contribution in [3.8, 4) is 0 Å². The maximum absolute atomic E-state index is 11.7. The van der Waals surface area contributed by atoms with Crippen molar-refractivity contribution in [2.75, 3.05) is 0 Å². The van der Waals surface area contributed by atoms with E-state index < -0.39 is 11.4 Å². The average molecular weight is 300 g/mol. The molecule has 1 amide bonds. The molecule has 2 rings (SSSR count). The molecule has 0 spiro atoms. The summed E-state index contributed by atoms with van der Waals surface area (Å²) in [5, 5.41) is 0.164. The minimum atomic E-state index is -0.933. The van der Waals surface area contributed by atoms with E-state index in [9.17, 15) is 4.79 Å². The summed E-state index contributed by atoms with van der Waals surface area (Å²) in [4.78, 5) is 16.2. The van der Waals surface area contributed by atoms with Gasteiger partial charge < -0.3 is 10.3 Å². The van der Waals surface area contributed by atoms with Crippen LogP contribution < -0.4 is 5.73 Å². The summed E-state index contributed by atoms with van der Waals surface area (Å²) >= 11 is 12.3. The molecule has 0 saturated heterocycles. The molecule has 1 atom stereocenters. The zero-order chi connectivity index (χ0) is 14.4. The van der Waals surface area contributed by atoms with Crippen LogP contribution >= 0.6 is 23.2 Å². The van der Waals surface area contributed by atoms with E-state index in [1.54, 1.807) is 31.4 Å². The first-order valence-electron chi connectivity index (χ1n) is 5.88. The van der Waals surface area contributed by atoms with Crippen molar-refractivity contribution < 1.29 is 4.79 Å². The van der Waals surface area contributed by atoms with Crippen molar-refractivity contribution in [3.63, 3.8) is 0 Å². The van der Waals surface area contributed by atoms with Gasteiger partial charge in [0.15, 0.2) is 0 Å². The monoisotopic (exact) mass is 299 g/mol. The van der Waals surface area contributed by atoms with E-state index in [1.807, 2.05) is 12.1 Å². The Hall–Kier alpha value is -1.26. The lowest BCUT2D eigenvalue weighted by Crippen LogP contribution is -2.42. The fourth-order valence-corrected chi connectivity index (χ4v) is 2.41. The fourth-order valence-electron chi connectivity index (χ4n) is 2.05. The molecule has 0 aliphatic heterocycles. The van der Waals surface area contributed by atoms with Gasteiger partial charge in [-0.2, -0.15) is 0 Å².